The van der Waals surface area contributed by atoms with Gasteiger partial charge in [-0.3, -0.25) is 9.52 Å². The number of sulfonamides is 1. The van der Waals surface area contributed by atoms with Crippen molar-refractivity contribution >= 4 is 33.2 Å². The Morgan fingerprint density at radius 3 is 2.13 bits per heavy atom. The first kappa shape index (κ1) is 21.7. The van der Waals surface area contributed by atoms with E-state index in [9.17, 15) is 26.4 Å². The van der Waals surface area contributed by atoms with E-state index in [1.165, 1.54) is 24.3 Å². The van der Waals surface area contributed by atoms with Gasteiger partial charge < -0.3 is 5.32 Å². The summed E-state index contributed by atoms with van der Waals surface area (Å²) >= 11 is 6.01. The van der Waals surface area contributed by atoms with Crippen molar-refractivity contribution in [2.75, 3.05) is 4.72 Å². The van der Waals surface area contributed by atoms with Crippen LogP contribution >= 0.6 is 11.6 Å². The number of benzene rings is 3. The van der Waals surface area contributed by atoms with Crippen molar-refractivity contribution in [3.05, 3.63) is 94.3 Å². The number of rotatable bonds is 6. The van der Waals surface area contributed by atoms with Gasteiger partial charge in [0.1, 0.15) is 17.5 Å². The first-order chi connectivity index (χ1) is 14.1. The van der Waals surface area contributed by atoms with Crippen molar-refractivity contribution in [3.8, 4) is 0 Å². The van der Waals surface area contributed by atoms with Crippen LogP contribution in [0.1, 0.15) is 15.9 Å². The SMILES string of the molecule is O=C(NCc1cc(F)cc(F)c1)c1cc(S(=O)(=O)Nc2ccc(F)cc2)ccc1Cl. The Morgan fingerprint density at radius 2 is 1.50 bits per heavy atom. The van der Waals surface area contributed by atoms with Gasteiger partial charge in [0.2, 0.25) is 0 Å². The zero-order valence-corrected chi connectivity index (χ0v) is 16.7. The molecule has 0 saturated carbocycles. The minimum absolute atomic E-state index is 0.0151. The summed E-state index contributed by atoms with van der Waals surface area (Å²) in [5.74, 6) is -2.85. The fourth-order valence-electron chi connectivity index (χ4n) is 2.57. The van der Waals surface area contributed by atoms with E-state index in [1.807, 2.05) is 0 Å². The second-order valence-electron chi connectivity index (χ2n) is 6.21. The van der Waals surface area contributed by atoms with Crippen LogP contribution in [0.25, 0.3) is 0 Å². The molecule has 0 aliphatic heterocycles. The van der Waals surface area contributed by atoms with Gasteiger partial charge in [-0.25, -0.2) is 21.6 Å². The molecular formula is C20H14ClF3N2O3S. The first-order valence-electron chi connectivity index (χ1n) is 8.45. The highest BCUT2D eigenvalue weighted by molar-refractivity contribution is 7.92. The molecule has 30 heavy (non-hydrogen) atoms. The second-order valence-corrected chi connectivity index (χ2v) is 8.30. The van der Waals surface area contributed by atoms with Crippen LogP contribution in [0.2, 0.25) is 5.02 Å². The molecular weight excluding hydrogens is 441 g/mol. The molecule has 2 N–H and O–H groups in total. The zero-order valence-electron chi connectivity index (χ0n) is 15.1. The zero-order chi connectivity index (χ0) is 21.9. The van der Waals surface area contributed by atoms with Gasteiger partial charge in [0.15, 0.2) is 0 Å². The molecule has 3 aromatic carbocycles. The number of halogens is 4. The number of nitrogens with one attached hydrogen (secondary N) is 2. The summed E-state index contributed by atoms with van der Waals surface area (Å²) in [6.45, 7) is -0.200. The maximum Gasteiger partial charge on any atom is 0.261 e. The van der Waals surface area contributed by atoms with Crippen molar-refractivity contribution < 1.29 is 26.4 Å². The molecule has 0 aromatic heterocycles. The molecule has 0 radical (unpaired) electrons. The second kappa shape index (κ2) is 8.76. The van der Waals surface area contributed by atoms with Gasteiger partial charge in [-0.2, -0.15) is 0 Å². The van der Waals surface area contributed by atoms with E-state index in [1.54, 1.807) is 0 Å². The number of hydrogen-bond acceptors (Lipinski definition) is 3. The molecule has 156 valence electrons. The molecule has 0 fully saturated rings. The van der Waals surface area contributed by atoms with Crippen LogP contribution < -0.4 is 10.0 Å². The van der Waals surface area contributed by atoms with Gasteiger partial charge in [-0.1, -0.05) is 11.6 Å². The quantitative estimate of drug-likeness (QED) is 0.576. The summed E-state index contributed by atoms with van der Waals surface area (Å²) in [6.07, 6.45) is 0. The van der Waals surface area contributed by atoms with Crippen LogP contribution in [0.3, 0.4) is 0 Å². The highest BCUT2D eigenvalue weighted by Crippen LogP contribution is 2.23. The van der Waals surface area contributed by atoms with Gasteiger partial charge in [-0.05, 0) is 60.2 Å². The van der Waals surface area contributed by atoms with Crippen LogP contribution in [0.5, 0.6) is 0 Å². The Labute approximate surface area is 175 Å². The van der Waals surface area contributed by atoms with Crippen molar-refractivity contribution in [2.24, 2.45) is 0 Å². The fourth-order valence-corrected chi connectivity index (χ4v) is 3.86. The highest BCUT2D eigenvalue weighted by Gasteiger charge is 2.19. The number of hydrogen-bond donors (Lipinski definition) is 2. The molecule has 0 bridgehead atoms. The lowest BCUT2D eigenvalue weighted by Crippen LogP contribution is -2.24. The smallest absolute Gasteiger partial charge is 0.261 e. The largest absolute Gasteiger partial charge is 0.348 e. The van der Waals surface area contributed by atoms with Crippen molar-refractivity contribution in [3.63, 3.8) is 0 Å². The highest BCUT2D eigenvalue weighted by atomic mass is 35.5. The minimum atomic E-state index is -4.09. The third-order valence-electron chi connectivity index (χ3n) is 3.96. The molecule has 3 rings (SSSR count). The monoisotopic (exact) mass is 454 g/mol. The molecule has 0 spiro atoms. The van der Waals surface area contributed by atoms with Gasteiger partial charge in [0, 0.05) is 18.3 Å². The van der Waals surface area contributed by atoms with Crippen LogP contribution in [-0.4, -0.2) is 14.3 Å². The molecule has 10 heteroatoms. The lowest BCUT2D eigenvalue weighted by molar-refractivity contribution is 0.0950. The summed E-state index contributed by atoms with van der Waals surface area (Å²) in [5, 5.41) is 2.42. The first-order valence-corrected chi connectivity index (χ1v) is 10.3. The number of carbonyl (C=O) groups is 1. The number of amides is 1. The maximum atomic E-state index is 13.3. The molecule has 0 atom stereocenters. The van der Waals surface area contributed by atoms with E-state index in [2.05, 4.69) is 10.0 Å². The topological polar surface area (TPSA) is 75.3 Å². The average molecular weight is 455 g/mol. The summed E-state index contributed by atoms with van der Waals surface area (Å²) in [7, 11) is -4.09. The standard InChI is InChI=1S/C20H14ClF3N2O3S/c21-19-6-5-17(30(28,29)26-16-3-1-13(22)2-4-16)10-18(19)20(27)25-11-12-7-14(23)9-15(24)8-12/h1-10,26H,11H2,(H,25,27). The average Bonchev–Trinajstić information content (AvgIpc) is 2.67. The third-order valence-corrected chi connectivity index (χ3v) is 5.67. The summed E-state index contributed by atoms with van der Waals surface area (Å²) in [4.78, 5) is 12.2. The van der Waals surface area contributed by atoms with Crippen molar-refractivity contribution in [2.45, 2.75) is 11.4 Å². The van der Waals surface area contributed by atoms with Crippen LogP contribution in [-0.2, 0) is 16.6 Å². The van der Waals surface area contributed by atoms with E-state index >= 15 is 0 Å². The predicted molar refractivity (Wildman–Crippen MR) is 106 cm³/mol. The number of carbonyl (C=O) groups excluding carboxylic acids is 1. The van der Waals surface area contributed by atoms with Crippen LogP contribution in [0, 0.1) is 17.5 Å². The van der Waals surface area contributed by atoms with Gasteiger partial charge in [-0.15, -0.1) is 0 Å². The van der Waals surface area contributed by atoms with Gasteiger partial charge >= 0.3 is 0 Å². The minimum Gasteiger partial charge on any atom is -0.348 e. The molecule has 0 aliphatic rings. The van der Waals surface area contributed by atoms with E-state index in [-0.39, 0.29) is 33.3 Å². The molecule has 0 heterocycles. The Balaban J connectivity index is 1.79. The fraction of sp³-hybridized carbons (Fsp3) is 0.0500. The van der Waals surface area contributed by atoms with E-state index in [0.717, 1.165) is 30.3 Å². The summed E-state index contributed by atoms with van der Waals surface area (Å²) in [5.41, 5.74) is 0.166. The van der Waals surface area contributed by atoms with Gasteiger partial charge in [0.25, 0.3) is 15.9 Å². The lowest BCUT2D eigenvalue weighted by atomic mass is 10.2. The molecule has 3 aromatic rings. The maximum absolute atomic E-state index is 13.3. The lowest BCUT2D eigenvalue weighted by Gasteiger charge is -2.11. The summed E-state index contributed by atoms with van der Waals surface area (Å²) < 4.78 is 66.9. The Bertz CT molecular complexity index is 1180. The Kier molecular flexibility index (Phi) is 6.33. The predicted octanol–water partition coefficient (Wildman–Crippen LogP) is 4.49. The van der Waals surface area contributed by atoms with E-state index in [4.69, 9.17) is 11.6 Å². The summed E-state index contributed by atoms with van der Waals surface area (Å²) in [6, 6.07) is 11.0. The molecule has 0 saturated heterocycles. The number of anilines is 1. The van der Waals surface area contributed by atoms with Crippen LogP contribution in [0.4, 0.5) is 18.9 Å². The van der Waals surface area contributed by atoms with Gasteiger partial charge in [0.05, 0.1) is 15.5 Å². The van der Waals surface area contributed by atoms with E-state index < -0.39 is 33.4 Å². The third kappa shape index (κ3) is 5.31. The molecule has 5 nitrogen and oxygen atoms in total. The van der Waals surface area contributed by atoms with E-state index in [0.29, 0.717) is 6.07 Å². The molecule has 1 amide bonds. The molecule has 0 aliphatic carbocycles. The van der Waals surface area contributed by atoms with Crippen molar-refractivity contribution in [1.82, 2.24) is 5.32 Å². The van der Waals surface area contributed by atoms with Crippen LogP contribution in [0.15, 0.2) is 65.6 Å². The molecule has 0 unspecified atom stereocenters. The Hall–Kier alpha value is -3.04. The van der Waals surface area contributed by atoms with Crippen molar-refractivity contribution in [1.29, 1.82) is 0 Å². The Morgan fingerprint density at radius 1 is 0.867 bits per heavy atom. The normalized spacial score (nSPS) is 11.2.